The molecule has 3 rings (SSSR count). The van der Waals surface area contributed by atoms with Crippen LogP contribution < -0.4 is 20.3 Å². The summed E-state index contributed by atoms with van der Waals surface area (Å²) >= 11 is 3.41. The number of carbonyl (C=O) groups excluding carboxylic acids is 2. The molecule has 0 saturated heterocycles. The van der Waals surface area contributed by atoms with Gasteiger partial charge in [-0.25, -0.2) is 0 Å². The standard InChI is InChI=1S/C18H18BrN3O3/c1-20-18(24)16-10-22(14-8-4-5-9-15(14)25-16)11-17(23)21-13-7-3-2-6-12(13)19/h2-9,16H,10-11H2,1H3,(H,20,24)(H,21,23)/t16-/m1/s1. The van der Waals surface area contributed by atoms with Crippen molar-refractivity contribution in [1.29, 1.82) is 0 Å². The zero-order valence-electron chi connectivity index (χ0n) is 13.7. The van der Waals surface area contributed by atoms with Crippen LogP contribution in [-0.2, 0) is 9.59 Å². The Bertz CT molecular complexity index is 797. The maximum Gasteiger partial charge on any atom is 0.262 e. The lowest BCUT2D eigenvalue weighted by Gasteiger charge is -2.35. The number of para-hydroxylation sites is 3. The van der Waals surface area contributed by atoms with Crippen LogP contribution in [0.5, 0.6) is 5.75 Å². The fraction of sp³-hybridized carbons (Fsp3) is 0.222. The summed E-state index contributed by atoms with van der Waals surface area (Å²) in [4.78, 5) is 26.3. The molecular weight excluding hydrogens is 386 g/mol. The molecule has 1 aliphatic heterocycles. The average Bonchev–Trinajstić information content (AvgIpc) is 2.62. The minimum Gasteiger partial charge on any atom is -0.477 e. The van der Waals surface area contributed by atoms with Crippen LogP contribution in [0.15, 0.2) is 53.0 Å². The number of nitrogens with one attached hydrogen (secondary N) is 2. The third-order valence-corrected chi connectivity index (χ3v) is 4.57. The van der Waals surface area contributed by atoms with Gasteiger partial charge in [0.15, 0.2) is 6.10 Å². The highest BCUT2D eigenvalue weighted by Gasteiger charge is 2.31. The average molecular weight is 404 g/mol. The van der Waals surface area contributed by atoms with Crippen molar-refractivity contribution in [2.24, 2.45) is 0 Å². The zero-order chi connectivity index (χ0) is 17.8. The third-order valence-electron chi connectivity index (χ3n) is 3.88. The molecule has 2 aromatic carbocycles. The van der Waals surface area contributed by atoms with E-state index in [-0.39, 0.29) is 18.4 Å². The fourth-order valence-corrected chi connectivity index (χ4v) is 3.06. The van der Waals surface area contributed by atoms with E-state index < -0.39 is 6.10 Å². The van der Waals surface area contributed by atoms with E-state index in [4.69, 9.17) is 4.74 Å². The van der Waals surface area contributed by atoms with Gasteiger partial charge < -0.3 is 20.3 Å². The first-order chi connectivity index (χ1) is 12.1. The largest absolute Gasteiger partial charge is 0.477 e. The topological polar surface area (TPSA) is 70.7 Å². The lowest BCUT2D eigenvalue weighted by Crippen LogP contribution is -2.50. The van der Waals surface area contributed by atoms with Crippen LogP contribution in [0.4, 0.5) is 11.4 Å². The number of hydrogen-bond acceptors (Lipinski definition) is 4. The predicted molar refractivity (Wildman–Crippen MR) is 99.9 cm³/mol. The van der Waals surface area contributed by atoms with Crippen LogP contribution in [-0.4, -0.2) is 38.1 Å². The Morgan fingerprint density at radius 1 is 1.20 bits per heavy atom. The van der Waals surface area contributed by atoms with Gasteiger partial charge in [0.1, 0.15) is 5.75 Å². The van der Waals surface area contributed by atoms with Gasteiger partial charge in [0, 0.05) is 11.5 Å². The molecule has 1 atom stereocenters. The fourth-order valence-electron chi connectivity index (χ4n) is 2.68. The van der Waals surface area contributed by atoms with Gasteiger partial charge in [-0.05, 0) is 40.2 Å². The van der Waals surface area contributed by atoms with Crippen LogP contribution in [0.3, 0.4) is 0 Å². The van der Waals surface area contributed by atoms with Crippen LogP contribution in [0.1, 0.15) is 0 Å². The second-order valence-electron chi connectivity index (χ2n) is 5.60. The van der Waals surface area contributed by atoms with Crippen molar-refractivity contribution in [3.63, 3.8) is 0 Å². The first kappa shape index (κ1) is 17.3. The molecule has 0 spiro atoms. The number of hydrogen-bond donors (Lipinski definition) is 2. The van der Waals surface area contributed by atoms with Gasteiger partial charge in [-0.15, -0.1) is 0 Å². The van der Waals surface area contributed by atoms with Crippen molar-refractivity contribution in [1.82, 2.24) is 5.32 Å². The van der Waals surface area contributed by atoms with Gasteiger partial charge in [-0.1, -0.05) is 24.3 Å². The maximum absolute atomic E-state index is 12.5. The van der Waals surface area contributed by atoms with Crippen molar-refractivity contribution in [2.45, 2.75) is 6.10 Å². The molecule has 2 aromatic rings. The SMILES string of the molecule is CNC(=O)[C@H]1CN(CC(=O)Nc2ccccc2Br)c2ccccc2O1. The van der Waals surface area contributed by atoms with Crippen LogP contribution >= 0.6 is 15.9 Å². The van der Waals surface area contributed by atoms with E-state index in [1.807, 2.05) is 47.4 Å². The molecule has 0 aromatic heterocycles. The first-order valence-corrected chi connectivity index (χ1v) is 8.64. The number of anilines is 2. The second-order valence-corrected chi connectivity index (χ2v) is 6.45. The molecule has 0 aliphatic carbocycles. The van der Waals surface area contributed by atoms with E-state index in [0.29, 0.717) is 18.0 Å². The summed E-state index contributed by atoms with van der Waals surface area (Å²) < 4.78 is 6.55. The lowest BCUT2D eigenvalue weighted by atomic mass is 10.1. The number of ether oxygens (including phenoxy) is 1. The molecule has 7 heteroatoms. The van der Waals surface area contributed by atoms with Gasteiger partial charge in [0.2, 0.25) is 5.91 Å². The van der Waals surface area contributed by atoms with Gasteiger partial charge in [0.25, 0.3) is 5.91 Å². The van der Waals surface area contributed by atoms with Gasteiger partial charge >= 0.3 is 0 Å². The quantitative estimate of drug-likeness (QED) is 0.821. The van der Waals surface area contributed by atoms with Crippen LogP contribution in [0, 0.1) is 0 Å². The third kappa shape index (κ3) is 3.93. The predicted octanol–water partition coefficient (Wildman–Crippen LogP) is 2.40. The molecule has 25 heavy (non-hydrogen) atoms. The highest BCUT2D eigenvalue weighted by atomic mass is 79.9. The monoisotopic (exact) mass is 403 g/mol. The van der Waals surface area contributed by atoms with Crippen molar-refractivity contribution in [3.8, 4) is 5.75 Å². The lowest BCUT2D eigenvalue weighted by molar-refractivity contribution is -0.127. The molecule has 0 unspecified atom stereocenters. The molecule has 0 radical (unpaired) electrons. The highest BCUT2D eigenvalue weighted by molar-refractivity contribution is 9.10. The first-order valence-electron chi connectivity index (χ1n) is 7.85. The van der Waals surface area contributed by atoms with E-state index >= 15 is 0 Å². The normalized spacial score (nSPS) is 15.8. The van der Waals surface area contributed by atoms with Gasteiger partial charge in [-0.2, -0.15) is 0 Å². The molecule has 0 bridgehead atoms. The number of halogens is 1. The molecule has 1 heterocycles. The summed E-state index contributed by atoms with van der Waals surface area (Å²) in [6.45, 7) is 0.426. The number of fused-ring (bicyclic) bond motifs is 1. The molecule has 1 aliphatic rings. The van der Waals surface area contributed by atoms with Crippen LogP contribution in [0.2, 0.25) is 0 Å². The Labute approximate surface area is 154 Å². The highest BCUT2D eigenvalue weighted by Crippen LogP contribution is 2.33. The summed E-state index contributed by atoms with van der Waals surface area (Å²) in [7, 11) is 1.57. The summed E-state index contributed by atoms with van der Waals surface area (Å²) in [6, 6.07) is 14.8. The Morgan fingerprint density at radius 2 is 1.92 bits per heavy atom. The van der Waals surface area contributed by atoms with E-state index in [2.05, 4.69) is 26.6 Å². The summed E-state index contributed by atoms with van der Waals surface area (Å²) in [5, 5.41) is 5.47. The van der Waals surface area contributed by atoms with E-state index in [1.165, 1.54) is 0 Å². The van der Waals surface area contributed by atoms with E-state index in [0.717, 1.165) is 10.2 Å². The van der Waals surface area contributed by atoms with Gasteiger partial charge in [-0.3, -0.25) is 9.59 Å². The Morgan fingerprint density at radius 3 is 2.68 bits per heavy atom. The number of carbonyl (C=O) groups is 2. The molecule has 6 nitrogen and oxygen atoms in total. The Hall–Kier alpha value is -2.54. The van der Waals surface area contributed by atoms with Gasteiger partial charge in [0.05, 0.1) is 24.5 Å². The number of amides is 2. The molecule has 130 valence electrons. The Kier molecular flexibility index (Phi) is 5.23. The second kappa shape index (κ2) is 7.57. The summed E-state index contributed by atoms with van der Waals surface area (Å²) in [5.74, 6) is 0.209. The smallest absolute Gasteiger partial charge is 0.262 e. The minimum absolute atomic E-state index is 0.120. The minimum atomic E-state index is -0.656. The molecule has 2 amide bonds. The van der Waals surface area contributed by atoms with Crippen molar-refractivity contribution < 1.29 is 14.3 Å². The number of rotatable bonds is 4. The Balaban J connectivity index is 1.77. The molecular formula is C18H18BrN3O3. The number of likely N-dealkylation sites (N-methyl/N-ethyl adjacent to an activating group) is 1. The maximum atomic E-state index is 12.5. The molecule has 2 N–H and O–H groups in total. The summed E-state index contributed by atoms with van der Waals surface area (Å²) in [5.41, 5.74) is 1.50. The zero-order valence-corrected chi connectivity index (χ0v) is 15.2. The number of nitrogens with zero attached hydrogens (tertiary/aromatic N) is 1. The van der Waals surface area contributed by atoms with Crippen molar-refractivity contribution in [2.75, 3.05) is 30.4 Å². The van der Waals surface area contributed by atoms with Crippen molar-refractivity contribution >= 4 is 39.1 Å². The van der Waals surface area contributed by atoms with Crippen LogP contribution in [0.25, 0.3) is 0 Å². The number of benzene rings is 2. The van der Waals surface area contributed by atoms with E-state index in [1.54, 1.807) is 13.1 Å². The van der Waals surface area contributed by atoms with E-state index in [9.17, 15) is 9.59 Å². The van der Waals surface area contributed by atoms with Crippen molar-refractivity contribution in [3.05, 3.63) is 53.0 Å². The molecule has 0 fully saturated rings. The summed E-state index contributed by atoms with van der Waals surface area (Å²) in [6.07, 6.45) is -0.656. The molecule has 0 saturated carbocycles.